The van der Waals surface area contributed by atoms with Crippen molar-refractivity contribution in [1.82, 2.24) is 15.2 Å². The van der Waals surface area contributed by atoms with Crippen LogP contribution in [0.3, 0.4) is 0 Å². The largest absolute Gasteiger partial charge is 0.460 e. The topological polar surface area (TPSA) is 130 Å². The number of carbonyl (C=O) groups is 4. The molecule has 2 N–H and O–H groups in total. The average Bonchev–Trinajstić information content (AvgIpc) is 3.33. The first-order chi connectivity index (χ1) is 33.5. The van der Waals surface area contributed by atoms with Crippen LogP contribution < -0.4 is 15.5 Å². The second-order valence-electron chi connectivity index (χ2n) is 20.2. The number of esters is 1. The van der Waals surface area contributed by atoms with Gasteiger partial charge in [-0.2, -0.15) is 13.2 Å². The molecular weight excluding hydrogens is 928 g/mol. The highest BCUT2D eigenvalue weighted by Gasteiger charge is 2.32. The molecule has 1 aliphatic heterocycles. The van der Waals surface area contributed by atoms with E-state index in [1.807, 2.05) is 103 Å². The summed E-state index contributed by atoms with van der Waals surface area (Å²) in [6, 6.07) is 28.6. The lowest BCUT2D eigenvalue weighted by atomic mass is 9.97. The van der Waals surface area contributed by atoms with Gasteiger partial charge in [-0.3, -0.25) is 24.2 Å². The Labute approximate surface area is 420 Å². The molecule has 1 aromatic heterocycles. The van der Waals surface area contributed by atoms with Crippen LogP contribution in [0.15, 0.2) is 114 Å². The van der Waals surface area contributed by atoms with E-state index in [1.54, 1.807) is 41.9 Å². The van der Waals surface area contributed by atoms with Gasteiger partial charge in [0, 0.05) is 90.0 Å². The Balaban J connectivity index is 1.09. The highest BCUT2D eigenvalue weighted by atomic mass is 32.2. The third kappa shape index (κ3) is 15.9. The molecule has 1 fully saturated rings. The number of thioether (sulfide) groups is 1. The lowest BCUT2D eigenvalue weighted by molar-refractivity contribution is -0.156. The van der Waals surface area contributed by atoms with E-state index in [1.165, 1.54) is 24.4 Å². The van der Waals surface area contributed by atoms with Crippen molar-refractivity contribution in [3.8, 4) is 11.3 Å². The number of nitrogens with one attached hydrogen (secondary N) is 2. The van der Waals surface area contributed by atoms with E-state index in [0.29, 0.717) is 58.8 Å². The Bertz CT molecular complexity index is 2680. The van der Waals surface area contributed by atoms with E-state index >= 15 is 0 Å². The number of carbonyl (C=O) groups excluding carboxylic acids is 4. The second kappa shape index (κ2) is 23.4. The number of anilines is 2. The summed E-state index contributed by atoms with van der Waals surface area (Å²) in [6.07, 6.45) is 1.59. The first-order valence-electron chi connectivity index (χ1n) is 24.0. The van der Waals surface area contributed by atoms with E-state index in [2.05, 4.69) is 20.5 Å². The smallest absolute Gasteiger partial charge is 0.416 e. The summed E-state index contributed by atoms with van der Waals surface area (Å²) in [4.78, 5) is 63.0. The molecule has 0 atom stereocenters. The Morgan fingerprint density at radius 1 is 0.746 bits per heavy atom. The summed E-state index contributed by atoms with van der Waals surface area (Å²) in [6.45, 7) is 15.5. The van der Waals surface area contributed by atoms with Gasteiger partial charge >= 0.3 is 12.1 Å². The summed E-state index contributed by atoms with van der Waals surface area (Å²) >= 11 is 1.55. The van der Waals surface area contributed by atoms with Crippen molar-refractivity contribution in [2.75, 3.05) is 37.0 Å². The molecule has 2 heterocycles. The van der Waals surface area contributed by atoms with Crippen LogP contribution in [0.2, 0.25) is 0 Å². The summed E-state index contributed by atoms with van der Waals surface area (Å²) in [5.74, 6) is -0.678. The zero-order valence-electron chi connectivity index (χ0n) is 42.0. The van der Waals surface area contributed by atoms with Crippen molar-refractivity contribution in [3.05, 3.63) is 143 Å². The molecule has 0 unspecified atom stereocenters. The van der Waals surface area contributed by atoms with E-state index < -0.39 is 34.4 Å². The van der Waals surface area contributed by atoms with Gasteiger partial charge in [0.25, 0.3) is 17.7 Å². The van der Waals surface area contributed by atoms with Crippen LogP contribution >= 0.6 is 11.8 Å². The molecule has 378 valence electrons. The summed E-state index contributed by atoms with van der Waals surface area (Å²) < 4.78 is 51.6. The van der Waals surface area contributed by atoms with Gasteiger partial charge in [-0.1, -0.05) is 30.3 Å². The molecular formula is C56H66F3N5O6S. The summed E-state index contributed by atoms with van der Waals surface area (Å²) in [7, 11) is 1.79. The molecule has 0 saturated carbocycles. The van der Waals surface area contributed by atoms with Crippen LogP contribution in [0.4, 0.5) is 24.5 Å². The van der Waals surface area contributed by atoms with Crippen molar-refractivity contribution in [2.45, 2.75) is 127 Å². The zero-order chi connectivity index (χ0) is 51.6. The zero-order valence-corrected chi connectivity index (χ0v) is 42.8. The van der Waals surface area contributed by atoms with Crippen LogP contribution in [0.5, 0.6) is 0 Å². The minimum atomic E-state index is -4.50. The summed E-state index contributed by atoms with van der Waals surface area (Å²) in [5.41, 5.74) is 2.54. The quantitative estimate of drug-likeness (QED) is 0.0613. The maximum absolute atomic E-state index is 14.0. The van der Waals surface area contributed by atoms with Gasteiger partial charge in [0.2, 0.25) is 0 Å². The van der Waals surface area contributed by atoms with Gasteiger partial charge < -0.3 is 29.9 Å². The summed E-state index contributed by atoms with van der Waals surface area (Å²) in [5, 5.41) is 5.81. The predicted octanol–water partition coefficient (Wildman–Crippen LogP) is 12.4. The number of pyridine rings is 1. The number of rotatable bonds is 19. The maximum atomic E-state index is 14.0. The number of amides is 3. The molecule has 11 nitrogen and oxygen atoms in total. The number of hydrogen-bond donors (Lipinski definition) is 2. The minimum absolute atomic E-state index is 0.106. The van der Waals surface area contributed by atoms with Crippen LogP contribution in [-0.4, -0.2) is 77.1 Å². The SMILES string of the molecule is CN(C(=O)c1cccc(SCc2cccc(C(=O)Nc3ccc(N4CCCCC4)cc3-c3cc(C(=O)NCc4cccc(C(F)(F)F)c4)ccn3)c2)c1)C(C)(C)CCOC(C)(C)CCC(=O)OC(C)(C)C. The molecule has 5 aromatic rings. The number of aromatic nitrogens is 1. The molecule has 1 aliphatic rings. The number of nitrogens with zero attached hydrogens (tertiary/aromatic N) is 3. The van der Waals surface area contributed by atoms with Crippen molar-refractivity contribution >= 4 is 46.8 Å². The van der Waals surface area contributed by atoms with Gasteiger partial charge in [0.1, 0.15) is 5.60 Å². The van der Waals surface area contributed by atoms with E-state index in [0.717, 1.165) is 60.6 Å². The van der Waals surface area contributed by atoms with Gasteiger partial charge in [-0.25, -0.2) is 0 Å². The highest BCUT2D eigenvalue weighted by molar-refractivity contribution is 7.98. The van der Waals surface area contributed by atoms with Crippen molar-refractivity contribution in [1.29, 1.82) is 0 Å². The predicted molar refractivity (Wildman–Crippen MR) is 275 cm³/mol. The average molecular weight is 994 g/mol. The second-order valence-corrected chi connectivity index (χ2v) is 21.2. The molecule has 0 radical (unpaired) electrons. The van der Waals surface area contributed by atoms with Crippen molar-refractivity contribution < 1.29 is 41.8 Å². The Morgan fingerprint density at radius 2 is 1.44 bits per heavy atom. The third-order valence-corrected chi connectivity index (χ3v) is 13.5. The molecule has 0 bridgehead atoms. The maximum Gasteiger partial charge on any atom is 0.416 e. The van der Waals surface area contributed by atoms with E-state index in [9.17, 15) is 32.3 Å². The van der Waals surface area contributed by atoms with Gasteiger partial charge in [0.05, 0.1) is 22.5 Å². The molecule has 71 heavy (non-hydrogen) atoms. The molecule has 3 amide bonds. The Morgan fingerprint density at radius 3 is 2.17 bits per heavy atom. The monoisotopic (exact) mass is 993 g/mol. The fraction of sp³-hybridized carbons (Fsp3) is 0.411. The number of halogens is 3. The highest BCUT2D eigenvalue weighted by Crippen LogP contribution is 2.34. The van der Waals surface area contributed by atoms with Crippen LogP contribution in [0, 0.1) is 0 Å². The minimum Gasteiger partial charge on any atom is -0.460 e. The molecule has 0 aliphatic carbocycles. The molecule has 15 heteroatoms. The Kier molecular flexibility index (Phi) is 17.8. The number of benzene rings is 4. The lowest BCUT2D eigenvalue weighted by Gasteiger charge is -2.37. The fourth-order valence-corrected chi connectivity index (χ4v) is 8.92. The third-order valence-electron chi connectivity index (χ3n) is 12.4. The Hall–Kier alpha value is -6.19. The lowest BCUT2D eigenvalue weighted by Crippen LogP contribution is -2.46. The standard InChI is InChI=1S/C56H66F3N5O6S/c1-53(2,3)70-49(65)23-25-55(6,7)69-30-26-54(4,5)63(8)52(68)42-18-14-20-45(33-42)71-37-39-16-12-17-40(31-39)51(67)62-47-22-21-44(64-28-10-9-11-29-64)35-46(47)48-34-41(24-27-60-48)50(66)61-36-38-15-13-19-43(32-38)56(57,58)59/h12-22,24,27,31-35H,9-11,23,25-26,28-30,36-37H2,1-8H3,(H,61,66)(H,62,67). The van der Waals surface area contributed by atoms with Gasteiger partial charge in [-0.05, 0) is 164 Å². The fourth-order valence-electron chi connectivity index (χ4n) is 8.03. The van der Waals surface area contributed by atoms with Gasteiger partial charge in [0.15, 0.2) is 0 Å². The van der Waals surface area contributed by atoms with Gasteiger partial charge in [-0.15, -0.1) is 11.8 Å². The van der Waals surface area contributed by atoms with E-state index in [-0.39, 0.29) is 36.3 Å². The number of alkyl halides is 3. The molecule has 4 aromatic carbocycles. The van der Waals surface area contributed by atoms with Crippen LogP contribution in [0.1, 0.15) is 135 Å². The van der Waals surface area contributed by atoms with E-state index in [4.69, 9.17) is 9.47 Å². The van der Waals surface area contributed by atoms with Crippen molar-refractivity contribution in [3.63, 3.8) is 0 Å². The number of piperidine rings is 1. The normalized spacial score (nSPS) is 13.4. The number of hydrogen-bond acceptors (Lipinski definition) is 9. The first kappa shape index (κ1) is 54.1. The molecule has 1 saturated heterocycles. The molecule has 0 spiro atoms. The van der Waals surface area contributed by atoms with Crippen LogP contribution in [0.25, 0.3) is 11.3 Å². The number of ether oxygens (including phenoxy) is 2. The first-order valence-corrected chi connectivity index (χ1v) is 25.0. The molecule has 6 rings (SSSR count). The van der Waals surface area contributed by atoms with Crippen molar-refractivity contribution in [2.24, 2.45) is 0 Å². The van der Waals surface area contributed by atoms with Crippen LogP contribution in [-0.2, 0) is 32.7 Å².